The monoisotopic (exact) mass is 575 g/mol. The number of benzene rings is 3. The molecule has 5 aromatic rings. The number of nitrogens with zero attached hydrogens (tertiary/aromatic N) is 5. The molecule has 42 heavy (non-hydrogen) atoms. The Morgan fingerprint density at radius 2 is 1.67 bits per heavy atom. The number of ether oxygens (including phenoxy) is 1. The molecule has 1 atom stereocenters. The fourth-order valence-corrected chi connectivity index (χ4v) is 4.58. The van der Waals surface area contributed by atoms with Crippen molar-refractivity contribution in [2.75, 3.05) is 0 Å². The lowest BCUT2D eigenvalue weighted by Crippen LogP contribution is -2.49. The molecule has 12 heteroatoms. The van der Waals surface area contributed by atoms with Crippen LogP contribution in [0.15, 0.2) is 79.0 Å². The minimum atomic E-state index is -3.91. The lowest BCUT2D eigenvalue weighted by Gasteiger charge is -2.39. The lowest BCUT2D eigenvalue weighted by atomic mass is 9.80. The maximum Gasteiger partial charge on any atom is 0.323 e. The number of hydrogen-bond donors (Lipinski definition) is 1. The highest BCUT2D eigenvalue weighted by atomic mass is 19.3. The van der Waals surface area contributed by atoms with Crippen LogP contribution >= 0.6 is 0 Å². The van der Waals surface area contributed by atoms with E-state index in [1.165, 1.54) is 12.1 Å². The molecular weight excluding hydrogens is 557 g/mol. The van der Waals surface area contributed by atoms with E-state index < -0.39 is 41.2 Å². The van der Waals surface area contributed by atoms with Gasteiger partial charge in [-0.1, -0.05) is 24.0 Å². The zero-order valence-corrected chi connectivity index (χ0v) is 21.4. The number of tetrazole rings is 1. The molecule has 1 unspecified atom stereocenters. The van der Waals surface area contributed by atoms with Crippen molar-refractivity contribution in [1.82, 2.24) is 25.2 Å². The summed E-state index contributed by atoms with van der Waals surface area (Å²) in [4.78, 5) is 3.88. The van der Waals surface area contributed by atoms with Crippen LogP contribution in [-0.4, -0.2) is 30.3 Å². The summed E-state index contributed by atoms with van der Waals surface area (Å²) in [5.74, 6) is -0.217. The number of fused-ring (bicyclic) bond motifs is 3. The molecule has 0 fully saturated rings. The maximum absolute atomic E-state index is 15.9. The van der Waals surface area contributed by atoms with Crippen molar-refractivity contribution in [1.29, 1.82) is 0 Å². The van der Waals surface area contributed by atoms with E-state index in [0.717, 1.165) is 47.3 Å². The summed E-state index contributed by atoms with van der Waals surface area (Å²) in [5, 5.41) is 22.2. The molecule has 210 valence electrons. The van der Waals surface area contributed by atoms with E-state index in [9.17, 15) is 18.3 Å². The fourth-order valence-electron chi connectivity index (χ4n) is 4.58. The van der Waals surface area contributed by atoms with Gasteiger partial charge in [-0.05, 0) is 76.7 Å². The molecule has 0 amide bonds. The maximum atomic E-state index is 15.9. The van der Waals surface area contributed by atoms with Crippen molar-refractivity contribution >= 4 is 0 Å². The van der Waals surface area contributed by atoms with E-state index in [2.05, 4.69) is 32.4 Å². The molecule has 1 aliphatic heterocycles. The smallest absolute Gasteiger partial charge is 0.323 e. The predicted octanol–water partition coefficient (Wildman–Crippen LogP) is 5.12. The van der Waals surface area contributed by atoms with Gasteiger partial charge in [0.2, 0.25) is 0 Å². The summed E-state index contributed by atoms with van der Waals surface area (Å²) in [6, 6.07) is 15.6. The van der Waals surface area contributed by atoms with Gasteiger partial charge in [-0.15, -0.1) is 5.10 Å². The van der Waals surface area contributed by atoms with Crippen molar-refractivity contribution in [3.63, 3.8) is 0 Å². The number of rotatable bonds is 5. The first-order chi connectivity index (χ1) is 20.1. The molecule has 1 aliphatic rings. The molecule has 0 aliphatic carbocycles. The van der Waals surface area contributed by atoms with Gasteiger partial charge in [0.25, 0.3) is 0 Å². The molecular formula is C30H18F5N5O2. The van der Waals surface area contributed by atoms with Crippen LogP contribution in [0, 0.1) is 29.3 Å². The number of pyridine rings is 1. The first-order valence-electron chi connectivity index (χ1n) is 12.5. The van der Waals surface area contributed by atoms with Crippen LogP contribution in [0.25, 0.3) is 11.4 Å². The van der Waals surface area contributed by atoms with Crippen molar-refractivity contribution in [2.45, 2.75) is 24.7 Å². The van der Waals surface area contributed by atoms with E-state index >= 15 is 8.78 Å². The zero-order valence-electron chi connectivity index (χ0n) is 21.4. The van der Waals surface area contributed by atoms with Gasteiger partial charge in [0.15, 0.2) is 23.1 Å². The molecule has 3 aromatic carbocycles. The summed E-state index contributed by atoms with van der Waals surface area (Å²) < 4.78 is 78.7. The van der Waals surface area contributed by atoms with E-state index in [0.29, 0.717) is 22.4 Å². The second-order valence-corrected chi connectivity index (χ2v) is 9.53. The Morgan fingerprint density at radius 3 is 2.40 bits per heavy atom. The van der Waals surface area contributed by atoms with Gasteiger partial charge in [0.05, 0.1) is 6.54 Å². The quantitative estimate of drug-likeness (QED) is 0.231. The summed E-state index contributed by atoms with van der Waals surface area (Å²) in [5.41, 5.74) is -2.39. The van der Waals surface area contributed by atoms with E-state index in [4.69, 9.17) is 4.74 Å². The van der Waals surface area contributed by atoms with E-state index in [-0.39, 0.29) is 23.6 Å². The van der Waals surface area contributed by atoms with E-state index in [1.807, 2.05) is 0 Å². The Labute approximate surface area is 235 Å². The first-order valence-corrected chi connectivity index (χ1v) is 12.5. The zero-order chi connectivity index (χ0) is 29.5. The standard InChI is InChI=1S/C30H18F5N5O2/c31-21-7-10-24-23(14-21)28-37-38-39-40(28)17-29(24,41)30(34,35)27-12-6-19(15-36-27)2-1-18-3-8-22(9-4-18)42-16-20-5-11-25(32)26(33)13-20/h3-15,41H,16-17H2. The van der Waals surface area contributed by atoms with Gasteiger partial charge >= 0.3 is 5.92 Å². The number of hydrogen-bond acceptors (Lipinski definition) is 6. The van der Waals surface area contributed by atoms with Gasteiger partial charge in [0, 0.05) is 28.5 Å². The Balaban J connectivity index is 1.17. The molecule has 6 rings (SSSR count). The van der Waals surface area contributed by atoms with Crippen LogP contribution in [0.2, 0.25) is 0 Å². The van der Waals surface area contributed by atoms with Gasteiger partial charge in [-0.3, -0.25) is 4.98 Å². The molecule has 0 bridgehead atoms. The highest BCUT2D eigenvalue weighted by Gasteiger charge is 2.59. The number of aromatic nitrogens is 5. The van der Waals surface area contributed by atoms with Crippen molar-refractivity contribution < 1.29 is 31.8 Å². The van der Waals surface area contributed by atoms with Crippen LogP contribution in [-0.2, 0) is 24.7 Å². The van der Waals surface area contributed by atoms with Crippen LogP contribution < -0.4 is 4.74 Å². The molecule has 1 N–H and O–H groups in total. The second-order valence-electron chi connectivity index (χ2n) is 9.53. The summed E-state index contributed by atoms with van der Waals surface area (Å²) in [6.07, 6.45) is 1.16. The number of alkyl halides is 2. The summed E-state index contributed by atoms with van der Waals surface area (Å²) in [7, 11) is 0. The van der Waals surface area contributed by atoms with Crippen LogP contribution in [0.5, 0.6) is 5.75 Å². The molecule has 2 aromatic heterocycles. The van der Waals surface area contributed by atoms with Gasteiger partial charge in [-0.2, -0.15) is 8.78 Å². The van der Waals surface area contributed by atoms with Gasteiger partial charge in [0.1, 0.15) is 23.9 Å². The largest absolute Gasteiger partial charge is 0.489 e. The lowest BCUT2D eigenvalue weighted by molar-refractivity contribution is -0.207. The molecule has 0 radical (unpaired) electrons. The van der Waals surface area contributed by atoms with Crippen LogP contribution in [0.4, 0.5) is 22.0 Å². The predicted molar refractivity (Wildman–Crippen MR) is 138 cm³/mol. The Bertz CT molecular complexity index is 1850. The second kappa shape index (κ2) is 10.4. The topological polar surface area (TPSA) is 86.0 Å². The third kappa shape index (κ3) is 4.84. The summed E-state index contributed by atoms with van der Waals surface area (Å²) >= 11 is 0. The minimum absolute atomic E-state index is 0.0410. The van der Waals surface area contributed by atoms with Crippen molar-refractivity contribution in [2.24, 2.45) is 0 Å². The number of aliphatic hydroxyl groups is 1. The summed E-state index contributed by atoms with van der Waals surface area (Å²) in [6.45, 7) is -0.635. The van der Waals surface area contributed by atoms with E-state index in [1.54, 1.807) is 24.3 Å². The molecule has 7 nitrogen and oxygen atoms in total. The van der Waals surface area contributed by atoms with Gasteiger partial charge < -0.3 is 9.84 Å². The molecule has 3 heterocycles. The highest BCUT2D eigenvalue weighted by molar-refractivity contribution is 5.64. The average molecular weight is 575 g/mol. The first kappa shape index (κ1) is 27.0. The normalized spacial score (nSPS) is 15.8. The van der Waals surface area contributed by atoms with Crippen molar-refractivity contribution in [3.05, 3.63) is 124 Å². The highest BCUT2D eigenvalue weighted by Crippen LogP contribution is 2.50. The van der Waals surface area contributed by atoms with Crippen LogP contribution in [0.1, 0.15) is 27.9 Å². The Hall–Kier alpha value is -5.15. The average Bonchev–Trinajstić information content (AvgIpc) is 3.46. The molecule has 0 saturated carbocycles. The Morgan fingerprint density at radius 1 is 0.905 bits per heavy atom. The number of halogens is 5. The fraction of sp³-hybridized carbons (Fsp3) is 0.133. The molecule has 0 saturated heterocycles. The Kier molecular flexibility index (Phi) is 6.67. The molecule has 0 spiro atoms. The third-order valence-electron chi connectivity index (χ3n) is 6.78. The SMILES string of the molecule is OC1(C(F)(F)c2ccc(C#Cc3ccc(OCc4ccc(F)c(F)c4)cc3)cn2)Cn2nnnc2-c2cc(F)ccc21. The van der Waals surface area contributed by atoms with Crippen molar-refractivity contribution in [3.8, 4) is 29.0 Å². The van der Waals surface area contributed by atoms with Crippen LogP contribution in [0.3, 0.4) is 0 Å². The third-order valence-corrected chi connectivity index (χ3v) is 6.78. The minimum Gasteiger partial charge on any atom is -0.489 e. The van der Waals surface area contributed by atoms with Gasteiger partial charge in [-0.25, -0.2) is 17.9 Å².